The predicted molar refractivity (Wildman–Crippen MR) is 107 cm³/mol. The number of amides is 1. The van der Waals surface area contributed by atoms with Crippen LogP contribution in [0.25, 0.3) is 16.5 Å². The van der Waals surface area contributed by atoms with E-state index in [9.17, 15) is 14.7 Å². The summed E-state index contributed by atoms with van der Waals surface area (Å²) in [5.41, 5.74) is 1.63. The van der Waals surface area contributed by atoms with Crippen molar-refractivity contribution in [1.29, 1.82) is 0 Å². The van der Waals surface area contributed by atoms with Gasteiger partial charge in [-0.25, -0.2) is 4.68 Å². The van der Waals surface area contributed by atoms with E-state index < -0.39 is 17.9 Å². The first kappa shape index (κ1) is 19.0. The third-order valence-corrected chi connectivity index (χ3v) is 5.65. The molecule has 29 heavy (non-hydrogen) atoms. The minimum absolute atomic E-state index is 0.212. The van der Waals surface area contributed by atoms with Gasteiger partial charge < -0.3 is 10.4 Å². The first-order chi connectivity index (χ1) is 14.1. The Morgan fingerprint density at radius 3 is 2.83 bits per heavy atom. The lowest BCUT2D eigenvalue weighted by atomic mass is 9.94. The van der Waals surface area contributed by atoms with Crippen molar-refractivity contribution in [1.82, 2.24) is 25.3 Å². The third-order valence-electron chi connectivity index (χ3n) is 5.65. The molecule has 150 valence electrons. The summed E-state index contributed by atoms with van der Waals surface area (Å²) >= 11 is 0. The lowest BCUT2D eigenvalue weighted by Gasteiger charge is -2.22. The van der Waals surface area contributed by atoms with Crippen LogP contribution in [0.4, 0.5) is 0 Å². The number of carbonyl (C=O) groups excluding carboxylic acids is 1. The standard InChI is InChI=1S/C21H23N5O3/c1-13-19(20(27)23-17-8-4-2-3-7-16(17)21(28)29)24-25-26(13)18-9-5-6-14-12-22-11-10-15(14)18/h5-6,9-12,16-17H,2-4,7-8H2,1H3,(H,23,27)(H,28,29)/t16-,17+/m1/s1. The van der Waals surface area contributed by atoms with Crippen LogP contribution in [0.15, 0.2) is 36.7 Å². The highest BCUT2D eigenvalue weighted by atomic mass is 16.4. The summed E-state index contributed by atoms with van der Waals surface area (Å²) in [5, 5.41) is 22.7. The number of nitrogens with zero attached hydrogens (tertiary/aromatic N) is 4. The molecule has 3 aromatic rings. The van der Waals surface area contributed by atoms with E-state index in [4.69, 9.17) is 0 Å². The fourth-order valence-electron chi connectivity index (χ4n) is 4.07. The van der Waals surface area contributed by atoms with Gasteiger partial charge in [0.1, 0.15) is 0 Å². The largest absolute Gasteiger partial charge is 0.481 e. The highest BCUT2D eigenvalue weighted by molar-refractivity contribution is 5.94. The maximum absolute atomic E-state index is 12.9. The number of carbonyl (C=O) groups is 2. The predicted octanol–water partition coefficient (Wildman–Crippen LogP) is 2.89. The molecule has 0 saturated heterocycles. The Labute approximate surface area is 167 Å². The number of fused-ring (bicyclic) bond motifs is 1. The van der Waals surface area contributed by atoms with E-state index in [-0.39, 0.29) is 11.6 Å². The molecule has 1 amide bonds. The number of aliphatic carboxylic acids is 1. The van der Waals surface area contributed by atoms with Crippen molar-refractivity contribution in [3.63, 3.8) is 0 Å². The molecule has 1 fully saturated rings. The molecule has 0 radical (unpaired) electrons. The van der Waals surface area contributed by atoms with Crippen LogP contribution in [0.1, 0.15) is 48.3 Å². The highest BCUT2D eigenvalue weighted by Crippen LogP contribution is 2.25. The molecule has 2 atom stereocenters. The molecule has 2 heterocycles. The number of aromatic nitrogens is 4. The lowest BCUT2D eigenvalue weighted by molar-refractivity contribution is -0.142. The van der Waals surface area contributed by atoms with Crippen LogP contribution >= 0.6 is 0 Å². The van der Waals surface area contributed by atoms with Gasteiger partial charge in [-0.1, -0.05) is 36.6 Å². The molecule has 1 aliphatic rings. The average molecular weight is 393 g/mol. The quantitative estimate of drug-likeness (QED) is 0.660. The minimum atomic E-state index is -0.859. The zero-order valence-corrected chi connectivity index (χ0v) is 16.2. The van der Waals surface area contributed by atoms with Crippen LogP contribution in [0.2, 0.25) is 0 Å². The monoisotopic (exact) mass is 393 g/mol. The summed E-state index contributed by atoms with van der Waals surface area (Å²) in [6.07, 6.45) is 7.49. The Bertz CT molecular complexity index is 1060. The molecule has 8 nitrogen and oxygen atoms in total. The van der Waals surface area contributed by atoms with Gasteiger partial charge in [-0.15, -0.1) is 5.10 Å². The van der Waals surface area contributed by atoms with Crippen LogP contribution in [-0.4, -0.2) is 43.0 Å². The van der Waals surface area contributed by atoms with Gasteiger partial charge in [-0.05, 0) is 31.9 Å². The SMILES string of the molecule is Cc1c(C(=O)N[C@H]2CCCCC[C@H]2C(=O)O)nnn1-c1cccc2cnccc12. The molecule has 0 bridgehead atoms. The number of hydrogen-bond donors (Lipinski definition) is 2. The van der Waals surface area contributed by atoms with E-state index >= 15 is 0 Å². The Kier molecular flexibility index (Phi) is 5.24. The first-order valence-electron chi connectivity index (χ1n) is 9.85. The third kappa shape index (κ3) is 3.70. The zero-order valence-electron chi connectivity index (χ0n) is 16.2. The van der Waals surface area contributed by atoms with Crippen LogP contribution in [0.3, 0.4) is 0 Å². The first-order valence-corrected chi connectivity index (χ1v) is 9.85. The van der Waals surface area contributed by atoms with Gasteiger partial charge in [-0.2, -0.15) is 0 Å². The summed E-state index contributed by atoms with van der Waals surface area (Å²) in [4.78, 5) is 28.7. The summed E-state index contributed by atoms with van der Waals surface area (Å²) in [7, 11) is 0. The van der Waals surface area contributed by atoms with Gasteiger partial charge in [0.2, 0.25) is 0 Å². The number of benzene rings is 1. The summed E-state index contributed by atoms with van der Waals surface area (Å²) < 4.78 is 1.64. The number of pyridine rings is 1. The Balaban J connectivity index is 1.62. The zero-order chi connectivity index (χ0) is 20.4. The second-order valence-corrected chi connectivity index (χ2v) is 7.47. The summed E-state index contributed by atoms with van der Waals surface area (Å²) in [6, 6.07) is 7.29. The molecule has 4 rings (SSSR count). The van der Waals surface area contributed by atoms with Gasteiger partial charge in [0.05, 0.1) is 17.3 Å². The maximum Gasteiger partial charge on any atom is 0.308 e. The minimum Gasteiger partial charge on any atom is -0.481 e. The Hall–Kier alpha value is -3.29. The molecule has 1 aromatic carbocycles. The Morgan fingerprint density at radius 2 is 2.00 bits per heavy atom. The number of carboxylic acid groups (broad SMARTS) is 1. The number of hydrogen-bond acceptors (Lipinski definition) is 5. The number of carboxylic acids is 1. The molecule has 1 aliphatic carbocycles. The van der Waals surface area contributed by atoms with Crippen molar-refractivity contribution in [3.05, 3.63) is 48.0 Å². The molecule has 0 unspecified atom stereocenters. The fourth-order valence-corrected chi connectivity index (χ4v) is 4.07. The van der Waals surface area contributed by atoms with E-state index in [2.05, 4.69) is 20.6 Å². The molecule has 2 aromatic heterocycles. The smallest absolute Gasteiger partial charge is 0.308 e. The van der Waals surface area contributed by atoms with Crippen molar-refractivity contribution >= 4 is 22.6 Å². The van der Waals surface area contributed by atoms with Gasteiger partial charge in [0.25, 0.3) is 5.91 Å². The second kappa shape index (κ2) is 7.98. The van der Waals surface area contributed by atoms with E-state index in [1.807, 2.05) is 24.3 Å². The fraction of sp³-hybridized carbons (Fsp3) is 0.381. The normalized spacial score (nSPS) is 19.6. The topological polar surface area (TPSA) is 110 Å². The van der Waals surface area contributed by atoms with Crippen molar-refractivity contribution in [2.75, 3.05) is 0 Å². The molecule has 8 heteroatoms. The molecule has 2 N–H and O–H groups in total. The second-order valence-electron chi connectivity index (χ2n) is 7.47. The molecule has 0 aliphatic heterocycles. The highest BCUT2D eigenvalue weighted by Gasteiger charge is 2.32. The number of nitrogens with one attached hydrogen (secondary N) is 1. The molecular formula is C21H23N5O3. The van der Waals surface area contributed by atoms with Gasteiger partial charge in [-0.3, -0.25) is 14.6 Å². The van der Waals surface area contributed by atoms with E-state index in [0.29, 0.717) is 18.5 Å². The van der Waals surface area contributed by atoms with Crippen LogP contribution in [0, 0.1) is 12.8 Å². The lowest BCUT2D eigenvalue weighted by Crippen LogP contribution is -2.43. The molecular weight excluding hydrogens is 370 g/mol. The number of rotatable bonds is 4. The van der Waals surface area contributed by atoms with E-state index in [1.54, 1.807) is 24.0 Å². The Morgan fingerprint density at radius 1 is 1.17 bits per heavy atom. The van der Waals surface area contributed by atoms with Crippen molar-refractivity contribution in [2.45, 2.75) is 45.1 Å². The van der Waals surface area contributed by atoms with Crippen molar-refractivity contribution in [2.24, 2.45) is 5.92 Å². The molecule has 0 spiro atoms. The maximum atomic E-state index is 12.9. The average Bonchev–Trinajstić information content (AvgIpc) is 2.94. The van der Waals surface area contributed by atoms with Crippen molar-refractivity contribution < 1.29 is 14.7 Å². The van der Waals surface area contributed by atoms with Crippen LogP contribution in [0.5, 0.6) is 0 Å². The summed E-state index contributed by atoms with van der Waals surface area (Å²) in [5.74, 6) is -1.81. The van der Waals surface area contributed by atoms with Crippen molar-refractivity contribution in [3.8, 4) is 5.69 Å². The summed E-state index contributed by atoms with van der Waals surface area (Å²) in [6.45, 7) is 1.79. The van der Waals surface area contributed by atoms with Crippen LogP contribution < -0.4 is 5.32 Å². The van der Waals surface area contributed by atoms with Gasteiger partial charge >= 0.3 is 5.97 Å². The molecule has 1 saturated carbocycles. The van der Waals surface area contributed by atoms with Crippen LogP contribution in [-0.2, 0) is 4.79 Å². The van der Waals surface area contributed by atoms with Gasteiger partial charge in [0, 0.05) is 29.2 Å². The van der Waals surface area contributed by atoms with Gasteiger partial charge in [0.15, 0.2) is 5.69 Å². The van der Waals surface area contributed by atoms with E-state index in [0.717, 1.165) is 35.7 Å². The van der Waals surface area contributed by atoms with E-state index in [1.165, 1.54) is 0 Å².